The molecule has 0 saturated carbocycles. The van der Waals surface area contributed by atoms with Crippen LogP contribution in [-0.2, 0) is 12.4 Å². The molecule has 1 aromatic carbocycles. The molecule has 0 aliphatic rings. The zero-order chi connectivity index (χ0) is 14.5. The first-order valence-corrected chi connectivity index (χ1v) is 8.39. The van der Waals surface area contributed by atoms with Crippen LogP contribution in [0.1, 0.15) is 32.0 Å². The molecule has 2 rings (SSSR count). The zero-order valence-electron chi connectivity index (χ0n) is 12.3. The zero-order valence-corrected chi connectivity index (χ0v) is 13.8. The van der Waals surface area contributed by atoms with Crippen LogP contribution in [0.4, 0.5) is 0 Å². The molecule has 1 aromatic heterocycles. The molecule has 0 unspecified atom stereocenters. The van der Waals surface area contributed by atoms with E-state index >= 15 is 0 Å². The molecule has 0 bridgehead atoms. The number of rotatable bonds is 6. The summed E-state index contributed by atoms with van der Waals surface area (Å²) in [5.41, 5.74) is 3.52. The molecular weight excluding hydrogens is 288 g/mol. The third-order valence-electron chi connectivity index (χ3n) is 3.45. The third kappa shape index (κ3) is 3.60. The lowest BCUT2D eigenvalue weighted by Gasteiger charge is -2.25. The Morgan fingerprint density at radius 1 is 1.30 bits per heavy atom. The van der Waals surface area contributed by atoms with Gasteiger partial charge in [-0.3, -0.25) is 4.90 Å². The van der Waals surface area contributed by atoms with Gasteiger partial charge < -0.3 is 0 Å². The lowest BCUT2D eigenvalue weighted by atomic mass is 10.1. The third-order valence-corrected chi connectivity index (χ3v) is 4.64. The SMILES string of the molecule is CCN(Cc1ccccc1-c1nc(CCl)cs1)C(C)C. The van der Waals surface area contributed by atoms with Gasteiger partial charge in [0.05, 0.1) is 11.6 Å². The van der Waals surface area contributed by atoms with Gasteiger partial charge in [0.1, 0.15) is 5.01 Å². The van der Waals surface area contributed by atoms with Crippen molar-refractivity contribution in [3.8, 4) is 10.6 Å². The van der Waals surface area contributed by atoms with Crippen molar-refractivity contribution in [3.63, 3.8) is 0 Å². The molecule has 108 valence electrons. The van der Waals surface area contributed by atoms with Gasteiger partial charge in [-0.2, -0.15) is 0 Å². The van der Waals surface area contributed by atoms with E-state index in [4.69, 9.17) is 11.6 Å². The number of benzene rings is 1. The summed E-state index contributed by atoms with van der Waals surface area (Å²) < 4.78 is 0. The van der Waals surface area contributed by atoms with Crippen molar-refractivity contribution >= 4 is 22.9 Å². The van der Waals surface area contributed by atoms with Gasteiger partial charge in [-0.15, -0.1) is 22.9 Å². The maximum Gasteiger partial charge on any atom is 0.123 e. The molecule has 0 N–H and O–H groups in total. The summed E-state index contributed by atoms with van der Waals surface area (Å²) >= 11 is 7.52. The molecule has 0 radical (unpaired) electrons. The second kappa shape index (κ2) is 7.21. The first kappa shape index (κ1) is 15.5. The van der Waals surface area contributed by atoms with Crippen LogP contribution in [0.3, 0.4) is 0 Å². The first-order chi connectivity index (χ1) is 9.65. The summed E-state index contributed by atoms with van der Waals surface area (Å²) in [5.74, 6) is 0.478. The van der Waals surface area contributed by atoms with Crippen molar-refractivity contribution in [2.45, 2.75) is 39.2 Å². The number of halogens is 1. The van der Waals surface area contributed by atoms with Crippen LogP contribution in [0.2, 0.25) is 0 Å². The Labute approximate surface area is 130 Å². The minimum Gasteiger partial charge on any atom is -0.297 e. The predicted molar refractivity (Wildman–Crippen MR) is 88.3 cm³/mol. The number of aromatic nitrogens is 1. The lowest BCUT2D eigenvalue weighted by Crippen LogP contribution is -2.30. The van der Waals surface area contributed by atoms with E-state index in [1.807, 2.05) is 5.38 Å². The Kier molecular flexibility index (Phi) is 5.58. The van der Waals surface area contributed by atoms with Crippen molar-refractivity contribution in [2.24, 2.45) is 0 Å². The van der Waals surface area contributed by atoms with Gasteiger partial charge in [-0.05, 0) is 26.0 Å². The van der Waals surface area contributed by atoms with Crippen molar-refractivity contribution < 1.29 is 0 Å². The highest BCUT2D eigenvalue weighted by Crippen LogP contribution is 2.28. The summed E-state index contributed by atoms with van der Waals surface area (Å²) in [6, 6.07) is 9.07. The van der Waals surface area contributed by atoms with E-state index in [9.17, 15) is 0 Å². The molecule has 2 aromatic rings. The molecule has 0 amide bonds. The molecule has 0 aliphatic carbocycles. The molecule has 0 atom stereocenters. The molecule has 0 aliphatic heterocycles. The van der Waals surface area contributed by atoms with Crippen LogP contribution >= 0.6 is 22.9 Å². The Morgan fingerprint density at radius 2 is 2.05 bits per heavy atom. The molecule has 0 spiro atoms. The second-order valence-corrected chi connectivity index (χ2v) is 6.22. The molecule has 0 fully saturated rings. The fraction of sp³-hybridized carbons (Fsp3) is 0.438. The minimum absolute atomic E-state index is 0.478. The summed E-state index contributed by atoms with van der Waals surface area (Å²) in [5, 5.41) is 3.11. The lowest BCUT2D eigenvalue weighted by molar-refractivity contribution is 0.225. The smallest absolute Gasteiger partial charge is 0.123 e. The van der Waals surface area contributed by atoms with E-state index < -0.39 is 0 Å². The standard InChI is InChI=1S/C16H21ClN2S/c1-4-19(12(2)3)10-13-7-5-6-8-15(13)16-18-14(9-17)11-20-16/h5-8,11-12H,4,9-10H2,1-3H3. The monoisotopic (exact) mass is 308 g/mol. The number of hydrogen-bond donors (Lipinski definition) is 0. The van der Waals surface area contributed by atoms with Gasteiger partial charge in [-0.25, -0.2) is 4.98 Å². The highest BCUT2D eigenvalue weighted by atomic mass is 35.5. The van der Waals surface area contributed by atoms with Crippen LogP contribution in [0.15, 0.2) is 29.6 Å². The van der Waals surface area contributed by atoms with Crippen LogP contribution in [0.25, 0.3) is 10.6 Å². The Balaban J connectivity index is 2.30. The summed E-state index contributed by atoms with van der Waals surface area (Å²) in [6.45, 7) is 8.69. The quantitative estimate of drug-likeness (QED) is 0.714. The van der Waals surface area contributed by atoms with Crippen molar-refractivity contribution in [1.29, 1.82) is 0 Å². The van der Waals surface area contributed by atoms with Crippen LogP contribution in [0, 0.1) is 0 Å². The van der Waals surface area contributed by atoms with Crippen molar-refractivity contribution in [2.75, 3.05) is 6.54 Å². The average molecular weight is 309 g/mol. The maximum absolute atomic E-state index is 5.85. The van der Waals surface area contributed by atoms with Gasteiger partial charge >= 0.3 is 0 Å². The highest BCUT2D eigenvalue weighted by molar-refractivity contribution is 7.13. The Morgan fingerprint density at radius 3 is 2.65 bits per heavy atom. The summed E-state index contributed by atoms with van der Waals surface area (Å²) in [4.78, 5) is 7.06. The van der Waals surface area contributed by atoms with Crippen molar-refractivity contribution in [3.05, 3.63) is 40.9 Å². The summed E-state index contributed by atoms with van der Waals surface area (Å²) in [6.07, 6.45) is 0. The normalized spacial score (nSPS) is 11.5. The average Bonchev–Trinajstić information content (AvgIpc) is 2.93. The topological polar surface area (TPSA) is 16.1 Å². The molecule has 2 nitrogen and oxygen atoms in total. The fourth-order valence-electron chi connectivity index (χ4n) is 2.24. The van der Waals surface area contributed by atoms with Crippen LogP contribution in [0.5, 0.6) is 0 Å². The highest BCUT2D eigenvalue weighted by Gasteiger charge is 2.13. The summed E-state index contributed by atoms with van der Waals surface area (Å²) in [7, 11) is 0. The Hall–Kier alpha value is -0.900. The van der Waals surface area contributed by atoms with Gasteiger partial charge in [0, 0.05) is 23.5 Å². The number of thiazole rings is 1. The molecule has 4 heteroatoms. The van der Waals surface area contributed by atoms with Gasteiger partial charge in [0.2, 0.25) is 0 Å². The number of hydrogen-bond acceptors (Lipinski definition) is 3. The van der Waals surface area contributed by atoms with Gasteiger partial charge in [-0.1, -0.05) is 31.2 Å². The van der Waals surface area contributed by atoms with E-state index in [2.05, 4.69) is 54.9 Å². The maximum atomic E-state index is 5.85. The number of alkyl halides is 1. The Bertz CT molecular complexity index is 551. The second-order valence-electron chi connectivity index (χ2n) is 5.09. The van der Waals surface area contributed by atoms with E-state index in [0.717, 1.165) is 23.8 Å². The predicted octanol–water partition coefficient (Wildman–Crippen LogP) is 4.78. The van der Waals surface area contributed by atoms with E-state index in [1.165, 1.54) is 11.1 Å². The van der Waals surface area contributed by atoms with Gasteiger partial charge in [0.15, 0.2) is 0 Å². The first-order valence-electron chi connectivity index (χ1n) is 6.98. The van der Waals surface area contributed by atoms with E-state index in [0.29, 0.717) is 11.9 Å². The molecule has 1 heterocycles. The molecular formula is C16H21ClN2S. The van der Waals surface area contributed by atoms with E-state index in [-0.39, 0.29) is 0 Å². The molecule has 20 heavy (non-hydrogen) atoms. The number of nitrogens with zero attached hydrogens (tertiary/aromatic N) is 2. The fourth-order valence-corrected chi connectivity index (χ4v) is 3.35. The van der Waals surface area contributed by atoms with Crippen LogP contribution in [-0.4, -0.2) is 22.5 Å². The van der Waals surface area contributed by atoms with E-state index in [1.54, 1.807) is 11.3 Å². The van der Waals surface area contributed by atoms with Gasteiger partial charge in [0.25, 0.3) is 0 Å². The van der Waals surface area contributed by atoms with Crippen LogP contribution < -0.4 is 0 Å². The minimum atomic E-state index is 0.478. The largest absolute Gasteiger partial charge is 0.297 e. The molecule has 0 saturated heterocycles. The van der Waals surface area contributed by atoms with Crippen molar-refractivity contribution in [1.82, 2.24) is 9.88 Å².